The highest BCUT2D eigenvalue weighted by molar-refractivity contribution is 6.70. The summed E-state index contributed by atoms with van der Waals surface area (Å²) in [5, 5.41) is -2.63. The highest BCUT2D eigenvalue weighted by Gasteiger charge is 2.83. The molecular formula is C8H2Cl10. The van der Waals surface area contributed by atoms with Gasteiger partial charge in [0, 0.05) is 0 Å². The molecule has 0 saturated heterocycles. The van der Waals surface area contributed by atoms with E-state index in [1.807, 2.05) is 0 Å². The molecule has 2 bridgehead atoms. The van der Waals surface area contributed by atoms with Crippen LogP contribution in [0.3, 0.4) is 0 Å². The molecule has 4 atom stereocenters. The Kier molecular flexibility index (Phi) is 4.32. The predicted molar refractivity (Wildman–Crippen MR) is 84.1 cm³/mol. The van der Waals surface area contributed by atoms with Crippen molar-refractivity contribution in [3.8, 4) is 0 Å². The van der Waals surface area contributed by atoms with E-state index in [0.717, 1.165) is 0 Å². The van der Waals surface area contributed by atoms with Gasteiger partial charge in [0.05, 0.1) is 20.8 Å². The summed E-state index contributed by atoms with van der Waals surface area (Å²) in [5.41, 5.74) is 0. The van der Waals surface area contributed by atoms with Crippen molar-refractivity contribution >= 4 is 116 Å². The van der Waals surface area contributed by atoms with Gasteiger partial charge in [-0.3, -0.25) is 0 Å². The molecule has 10 heteroatoms. The van der Waals surface area contributed by atoms with Crippen LogP contribution in [-0.4, -0.2) is 29.2 Å². The van der Waals surface area contributed by atoms with Crippen LogP contribution < -0.4 is 0 Å². The number of alkyl halides is 8. The van der Waals surface area contributed by atoms with Crippen molar-refractivity contribution in [1.29, 1.82) is 0 Å². The fourth-order valence-electron chi connectivity index (χ4n) is 2.06. The average molecular weight is 453 g/mol. The van der Waals surface area contributed by atoms with Crippen molar-refractivity contribution < 1.29 is 0 Å². The zero-order chi connectivity index (χ0) is 14.3. The molecule has 1 fully saturated rings. The van der Waals surface area contributed by atoms with Crippen LogP contribution in [0, 0.1) is 0 Å². The summed E-state index contributed by atoms with van der Waals surface area (Å²) in [5.74, 6) is 0. The molecule has 2 aliphatic carbocycles. The van der Waals surface area contributed by atoms with E-state index in [4.69, 9.17) is 116 Å². The molecule has 4 unspecified atom stereocenters. The smallest absolute Gasteiger partial charge is 0.117 e. The first-order valence-corrected chi connectivity index (χ1v) is 8.25. The van der Waals surface area contributed by atoms with E-state index in [1.54, 1.807) is 0 Å². The highest BCUT2D eigenvalue weighted by atomic mass is 35.5. The van der Waals surface area contributed by atoms with Crippen molar-refractivity contribution in [2.45, 2.75) is 29.2 Å². The lowest BCUT2D eigenvalue weighted by molar-refractivity contribution is 0.391. The van der Waals surface area contributed by atoms with Crippen LogP contribution in [-0.2, 0) is 0 Å². The van der Waals surface area contributed by atoms with Crippen molar-refractivity contribution in [3.05, 3.63) is 10.1 Å². The van der Waals surface area contributed by atoms with Crippen LogP contribution in [0.2, 0.25) is 0 Å². The molecule has 0 heterocycles. The molecule has 104 valence electrons. The van der Waals surface area contributed by atoms with Gasteiger partial charge in [0.2, 0.25) is 0 Å². The van der Waals surface area contributed by atoms with Gasteiger partial charge in [0.1, 0.15) is 9.75 Å². The largest absolute Gasteiger partial charge is 0.169 e. The minimum Gasteiger partial charge on any atom is -0.117 e. The number of allylic oxidation sites excluding steroid dienone is 2. The van der Waals surface area contributed by atoms with E-state index in [2.05, 4.69) is 0 Å². The monoisotopic (exact) mass is 448 g/mol. The summed E-state index contributed by atoms with van der Waals surface area (Å²) in [6, 6.07) is 0. The first kappa shape index (κ1) is 17.0. The maximum Gasteiger partial charge on any atom is 0.169 e. The fraction of sp³-hybridized carbons (Fsp3) is 0.750. The van der Waals surface area contributed by atoms with Gasteiger partial charge in [-0.25, -0.2) is 0 Å². The molecule has 0 radical (unpaired) electrons. The Labute approximate surface area is 154 Å². The van der Waals surface area contributed by atoms with Crippen LogP contribution in [0.1, 0.15) is 0 Å². The third-order valence-electron chi connectivity index (χ3n) is 3.12. The Bertz CT molecular complexity index is 405. The second-order valence-corrected chi connectivity index (χ2v) is 9.62. The lowest BCUT2D eigenvalue weighted by Gasteiger charge is -2.54. The topological polar surface area (TPSA) is 0 Å². The summed E-state index contributed by atoms with van der Waals surface area (Å²) in [6.45, 7) is 0. The summed E-state index contributed by atoms with van der Waals surface area (Å²) < 4.78 is -3.60. The van der Waals surface area contributed by atoms with Crippen LogP contribution in [0.5, 0.6) is 0 Å². The molecule has 0 spiro atoms. The third-order valence-corrected chi connectivity index (χ3v) is 10.2. The molecule has 0 aromatic carbocycles. The molecule has 1 saturated carbocycles. The van der Waals surface area contributed by atoms with Crippen molar-refractivity contribution in [1.82, 2.24) is 0 Å². The van der Waals surface area contributed by atoms with Crippen LogP contribution in [0.15, 0.2) is 10.1 Å². The van der Waals surface area contributed by atoms with E-state index in [9.17, 15) is 0 Å². The Hall–Kier alpha value is 2.64. The minimum atomic E-state index is -1.87. The van der Waals surface area contributed by atoms with Gasteiger partial charge in [-0.1, -0.05) is 69.6 Å². The fourth-order valence-corrected chi connectivity index (χ4v) is 6.92. The molecule has 2 rings (SSSR count). The van der Waals surface area contributed by atoms with E-state index in [-0.39, 0.29) is 10.1 Å². The highest BCUT2D eigenvalue weighted by Crippen LogP contribution is 2.74. The lowest BCUT2D eigenvalue weighted by Crippen LogP contribution is -2.71. The van der Waals surface area contributed by atoms with Gasteiger partial charge in [0.25, 0.3) is 0 Å². The molecule has 2 aliphatic rings. The molecule has 0 aromatic heterocycles. The number of hydrogen-bond donors (Lipinski definition) is 0. The second kappa shape index (κ2) is 4.57. The third kappa shape index (κ3) is 1.58. The standard InChI is InChI=1S/C8H2Cl10/c9-1-2(10)6(14)4(12)7(15,16)3(11)5(1,13)8(6,17)18/h3-4H. The number of hydrogen-bond acceptors (Lipinski definition) is 0. The van der Waals surface area contributed by atoms with Gasteiger partial charge in [-0.2, -0.15) is 0 Å². The first-order valence-electron chi connectivity index (χ1n) is 4.35. The summed E-state index contributed by atoms with van der Waals surface area (Å²) in [6.07, 6.45) is 0. The lowest BCUT2D eigenvalue weighted by atomic mass is 9.83. The molecular weight excluding hydrogens is 451 g/mol. The SMILES string of the molecule is ClC1=C(Cl)C2(Cl)C(Cl)C(Cl)(Cl)C(Cl)C1(Cl)C2(Cl)Cl. The predicted octanol–water partition coefficient (Wildman–Crippen LogP) is 6.22. The molecule has 0 nitrogen and oxygen atoms in total. The van der Waals surface area contributed by atoms with Crippen LogP contribution in [0.25, 0.3) is 0 Å². The Morgan fingerprint density at radius 1 is 0.667 bits per heavy atom. The second-order valence-electron chi connectivity index (χ2n) is 4.03. The van der Waals surface area contributed by atoms with E-state index < -0.39 is 29.2 Å². The summed E-state index contributed by atoms with van der Waals surface area (Å²) in [4.78, 5) is -3.49. The van der Waals surface area contributed by atoms with Gasteiger partial charge in [-0.05, 0) is 0 Å². The summed E-state index contributed by atoms with van der Waals surface area (Å²) in [7, 11) is 0. The van der Waals surface area contributed by atoms with Crippen molar-refractivity contribution in [3.63, 3.8) is 0 Å². The maximum atomic E-state index is 6.35. The van der Waals surface area contributed by atoms with Crippen LogP contribution in [0.4, 0.5) is 0 Å². The Morgan fingerprint density at radius 2 is 0.944 bits per heavy atom. The van der Waals surface area contributed by atoms with Crippen LogP contribution >= 0.6 is 116 Å². The van der Waals surface area contributed by atoms with E-state index in [1.165, 1.54) is 0 Å². The average Bonchev–Trinajstić information content (AvgIpc) is 2.37. The van der Waals surface area contributed by atoms with Gasteiger partial charge in [0.15, 0.2) is 8.67 Å². The van der Waals surface area contributed by atoms with Crippen molar-refractivity contribution in [2.75, 3.05) is 0 Å². The van der Waals surface area contributed by atoms with Gasteiger partial charge in [-0.15, -0.1) is 46.4 Å². The molecule has 18 heavy (non-hydrogen) atoms. The van der Waals surface area contributed by atoms with E-state index in [0.29, 0.717) is 0 Å². The zero-order valence-corrected chi connectivity index (χ0v) is 15.5. The van der Waals surface area contributed by atoms with Gasteiger partial charge >= 0.3 is 0 Å². The van der Waals surface area contributed by atoms with E-state index >= 15 is 0 Å². The Balaban J connectivity index is 2.82. The molecule has 0 aliphatic heterocycles. The van der Waals surface area contributed by atoms with Crippen molar-refractivity contribution in [2.24, 2.45) is 0 Å². The van der Waals surface area contributed by atoms with Gasteiger partial charge < -0.3 is 0 Å². The number of halogens is 10. The molecule has 0 amide bonds. The Morgan fingerprint density at radius 3 is 1.22 bits per heavy atom. The quantitative estimate of drug-likeness (QED) is 0.383. The number of fused-ring (bicyclic) bond motifs is 2. The number of rotatable bonds is 0. The zero-order valence-electron chi connectivity index (χ0n) is 7.93. The first-order chi connectivity index (χ1) is 7.87. The maximum absolute atomic E-state index is 6.35. The summed E-state index contributed by atoms with van der Waals surface area (Å²) >= 11 is 61.8. The molecule has 0 aromatic rings. The molecule has 0 N–H and O–H groups in total. The normalized spacial score (nSPS) is 49.7. The minimum absolute atomic E-state index is 0.111.